The van der Waals surface area contributed by atoms with Gasteiger partial charge in [0, 0.05) is 0 Å². The maximum atomic E-state index is 5.69. The van der Waals surface area contributed by atoms with Crippen molar-refractivity contribution in [1.29, 1.82) is 0 Å². The first-order valence-electron chi connectivity index (χ1n) is 10.9. The van der Waals surface area contributed by atoms with Gasteiger partial charge >= 0.3 is 0 Å². The fourth-order valence-corrected chi connectivity index (χ4v) is 1.99. The fourth-order valence-electron chi connectivity index (χ4n) is 1.99. The van der Waals surface area contributed by atoms with Gasteiger partial charge in [-0.1, -0.05) is 112 Å². The van der Waals surface area contributed by atoms with Gasteiger partial charge < -0.3 is 4.74 Å². The molecule has 160 valence electrons. The Balaban J connectivity index is 0. The maximum absolute atomic E-state index is 5.69. The molecule has 29 heavy (non-hydrogen) atoms. The molecule has 0 aliphatic carbocycles. The van der Waals surface area contributed by atoms with Gasteiger partial charge in [0.25, 0.3) is 0 Å². The highest BCUT2D eigenvalue weighted by Gasteiger charge is 1.95. The predicted molar refractivity (Wildman–Crippen MR) is 132 cm³/mol. The van der Waals surface area contributed by atoms with Gasteiger partial charge in [-0.25, -0.2) is 0 Å². The van der Waals surface area contributed by atoms with Crippen LogP contribution in [0.25, 0.3) is 0 Å². The van der Waals surface area contributed by atoms with Crippen LogP contribution in [0.5, 0.6) is 11.5 Å². The Morgan fingerprint density at radius 2 is 0.517 bits per heavy atom. The van der Waals surface area contributed by atoms with Crippen molar-refractivity contribution in [1.82, 2.24) is 0 Å². The van der Waals surface area contributed by atoms with Crippen molar-refractivity contribution >= 4 is 0 Å². The number of hydrogen-bond acceptors (Lipinski definition) is 1. The van der Waals surface area contributed by atoms with Gasteiger partial charge in [-0.05, 0) is 52.0 Å². The summed E-state index contributed by atoms with van der Waals surface area (Å²) in [7, 11) is 0. The Bertz CT molecular complexity index is 643. The summed E-state index contributed by atoms with van der Waals surface area (Å²) in [6.45, 7) is 20.3. The van der Waals surface area contributed by atoms with Crippen LogP contribution in [0.3, 0.4) is 0 Å². The van der Waals surface area contributed by atoms with E-state index in [1.165, 1.54) is 22.3 Å². The molecule has 0 unspecified atom stereocenters. The van der Waals surface area contributed by atoms with Crippen molar-refractivity contribution in [2.45, 2.75) is 69.2 Å². The molecule has 3 aromatic carbocycles. The van der Waals surface area contributed by atoms with Crippen LogP contribution in [0, 0.1) is 27.7 Å². The molecular weight excluding hydrogens is 352 g/mol. The molecule has 0 spiro atoms. The average Bonchev–Trinajstić information content (AvgIpc) is 2.78. The molecule has 0 saturated heterocycles. The first kappa shape index (κ1) is 28.7. The van der Waals surface area contributed by atoms with E-state index in [1.54, 1.807) is 0 Å². The number of rotatable bonds is 2. The van der Waals surface area contributed by atoms with E-state index >= 15 is 0 Å². The largest absolute Gasteiger partial charge is 0.457 e. The summed E-state index contributed by atoms with van der Waals surface area (Å²) < 4.78 is 5.69. The van der Waals surface area contributed by atoms with E-state index < -0.39 is 0 Å². The molecule has 0 aliphatic rings. The van der Waals surface area contributed by atoms with Crippen molar-refractivity contribution in [2.75, 3.05) is 0 Å². The standard InChI is InChI=1S/C14H14O.C8H10.3C2H6/c1-11-3-7-13(8-4-11)15-14-9-5-12(2)6-10-14;1-7-3-5-8(2)6-4-7;3*1-2/h3-10H,1-2H3;3-6H,1-2H3;3*1-2H3. The van der Waals surface area contributed by atoms with Crippen molar-refractivity contribution in [2.24, 2.45) is 0 Å². The molecule has 0 atom stereocenters. The Morgan fingerprint density at radius 1 is 0.345 bits per heavy atom. The minimum atomic E-state index is 0.879. The Hall–Kier alpha value is -2.54. The zero-order valence-corrected chi connectivity index (χ0v) is 20.3. The highest BCUT2D eigenvalue weighted by molar-refractivity contribution is 5.33. The molecular formula is C28H42O. The number of benzene rings is 3. The smallest absolute Gasteiger partial charge is 0.127 e. The second-order valence-electron chi connectivity index (χ2n) is 5.88. The Labute approximate surface area is 180 Å². The molecule has 0 saturated carbocycles. The molecule has 1 nitrogen and oxygen atoms in total. The van der Waals surface area contributed by atoms with Crippen LogP contribution in [0.4, 0.5) is 0 Å². The summed E-state index contributed by atoms with van der Waals surface area (Å²) >= 11 is 0. The number of ether oxygens (including phenoxy) is 1. The third-order valence-electron chi connectivity index (χ3n) is 3.50. The van der Waals surface area contributed by atoms with Gasteiger partial charge in [-0.2, -0.15) is 0 Å². The summed E-state index contributed by atoms with van der Waals surface area (Å²) in [6, 6.07) is 24.6. The SMILES string of the molecule is CC.CC.CC.Cc1ccc(C)cc1.Cc1ccc(Oc2ccc(C)cc2)cc1. The number of aryl methyl sites for hydroxylation is 4. The third-order valence-corrected chi connectivity index (χ3v) is 3.50. The van der Waals surface area contributed by atoms with Gasteiger partial charge in [0.05, 0.1) is 0 Å². The first-order valence-corrected chi connectivity index (χ1v) is 10.9. The lowest BCUT2D eigenvalue weighted by Crippen LogP contribution is -1.84. The summed E-state index contributed by atoms with van der Waals surface area (Å²) in [5.41, 5.74) is 5.14. The lowest BCUT2D eigenvalue weighted by Gasteiger charge is -2.05. The monoisotopic (exact) mass is 394 g/mol. The van der Waals surface area contributed by atoms with Crippen LogP contribution in [-0.2, 0) is 0 Å². The quantitative estimate of drug-likeness (QED) is 0.420. The van der Waals surface area contributed by atoms with E-state index in [9.17, 15) is 0 Å². The van der Waals surface area contributed by atoms with Gasteiger partial charge in [0.15, 0.2) is 0 Å². The van der Waals surface area contributed by atoms with Crippen molar-refractivity contribution < 1.29 is 4.74 Å². The minimum Gasteiger partial charge on any atom is -0.457 e. The van der Waals surface area contributed by atoms with Gasteiger partial charge in [-0.3, -0.25) is 0 Å². The van der Waals surface area contributed by atoms with Crippen LogP contribution in [-0.4, -0.2) is 0 Å². The maximum Gasteiger partial charge on any atom is 0.127 e. The molecule has 0 aliphatic heterocycles. The highest BCUT2D eigenvalue weighted by Crippen LogP contribution is 2.21. The fraction of sp³-hybridized carbons (Fsp3) is 0.357. The van der Waals surface area contributed by atoms with Crippen LogP contribution in [0.1, 0.15) is 63.8 Å². The van der Waals surface area contributed by atoms with Crippen molar-refractivity contribution in [3.8, 4) is 11.5 Å². The normalized spacial score (nSPS) is 8.34. The van der Waals surface area contributed by atoms with Crippen LogP contribution in [0.15, 0.2) is 72.8 Å². The van der Waals surface area contributed by atoms with E-state index in [2.05, 4.69) is 52.0 Å². The highest BCUT2D eigenvalue weighted by atomic mass is 16.5. The molecule has 0 fully saturated rings. The third kappa shape index (κ3) is 14.2. The molecule has 0 bridgehead atoms. The van der Waals surface area contributed by atoms with Crippen LogP contribution >= 0.6 is 0 Å². The molecule has 0 aromatic heterocycles. The van der Waals surface area contributed by atoms with Gasteiger partial charge in [0.2, 0.25) is 0 Å². The van der Waals surface area contributed by atoms with Crippen molar-refractivity contribution in [3.63, 3.8) is 0 Å². The average molecular weight is 395 g/mol. The second-order valence-corrected chi connectivity index (χ2v) is 5.88. The van der Waals surface area contributed by atoms with Crippen LogP contribution in [0.2, 0.25) is 0 Å². The molecule has 3 rings (SSSR count). The Morgan fingerprint density at radius 3 is 0.724 bits per heavy atom. The molecule has 0 heterocycles. The van der Waals surface area contributed by atoms with Gasteiger partial charge in [-0.15, -0.1) is 0 Å². The summed E-state index contributed by atoms with van der Waals surface area (Å²) in [5, 5.41) is 0. The Kier molecular flexibility index (Phi) is 18.6. The zero-order valence-electron chi connectivity index (χ0n) is 20.3. The van der Waals surface area contributed by atoms with E-state index in [1.807, 2.05) is 90.1 Å². The predicted octanol–water partition coefficient (Wildman–Crippen LogP) is 9.48. The van der Waals surface area contributed by atoms with Gasteiger partial charge in [0.1, 0.15) is 11.5 Å². The van der Waals surface area contributed by atoms with E-state index in [4.69, 9.17) is 4.74 Å². The molecule has 1 heteroatoms. The van der Waals surface area contributed by atoms with E-state index in [0.29, 0.717) is 0 Å². The van der Waals surface area contributed by atoms with Crippen LogP contribution < -0.4 is 4.74 Å². The topological polar surface area (TPSA) is 9.23 Å². The minimum absolute atomic E-state index is 0.879. The summed E-state index contributed by atoms with van der Waals surface area (Å²) in [6.07, 6.45) is 0. The zero-order chi connectivity index (χ0) is 22.7. The second kappa shape index (κ2) is 18.8. The van der Waals surface area contributed by atoms with E-state index in [0.717, 1.165) is 11.5 Å². The summed E-state index contributed by atoms with van der Waals surface area (Å²) in [5.74, 6) is 1.76. The summed E-state index contributed by atoms with van der Waals surface area (Å²) in [4.78, 5) is 0. The lowest BCUT2D eigenvalue weighted by atomic mass is 10.2. The molecule has 0 amide bonds. The van der Waals surface area contributed by atoms with Crippen molar-refractivity contribution in [3.05, 3.63) is 95.1 Å². The number of hydrogen-bond donors (Lipinski definition) is 0. The van der Waals surface area contributed by atoms with E-state index in [-0.39, 0.29) is 0 Å². The lowest BCUT2D eigenvalue weighted by molar-refractivity contribution is 0.482. The molecule has 0 N–H and O–H groups in total. The molecule has 3 aromatic rings. The first-order chi connectivity index (χ1) is 14.0. The molecule has 0 radical (unpaired) electrons.